The Labute approximate surface area is 121 Å². The Kier molecular flexibility index (Phi) is 3.49. The third-order valence-corrected chi connectivity index (χ3v) is 3.65. The minimum atomic E-state index is -0.947. The number of hydrogen-bond acceptors (Lipinski definition) is 8. The van der Waals surface area contributed by atoms with Crippen molar-refractivity contribution in [1.29, 1.82) is 0 Å². The zero-order valence-corrected chi connectivity index (χ0v) is 11.8. The van der Waals surface area contributed by atoms with Gasteiger partial charge in [-0.15, -0.1) is 0 Å². The van der Waals surface area contributed by atoms with E-state index in [0.29, 0.717) is 17.0 Å². The third kappa shape index (κ3) is 2.14. The molecule has 0 amide bonds. The van der Waals surface area contributed by atoms with Crippen LogP contribution >= 0.6 is 0 Å². The molecule has 1 saturated heterocycles. The van der Waals surface area contributed by atoms with Crippen LogP contribution in [0, 0.1) is 0 Å². The van der Waals surface area contributed by atoms with Crippen molar-refractivity contribution in [3.63, 3.8) is 0 Å². The van der Waals surface area contributed by atoms with Gasteiger partial charge in [0.1, 0.15) is 18.5 Å². The number of imidazole rings is 1. The first-order valence-corrected chi connectivity index (χ1v) is 6.59. The van der Waals surface area contributed by atoms with Crippen molar-refractivity contribution < 1.29 is 14.9 Å². The minimum Gasteiger partial charge on any atom is -0.394 e. The van der Waals surface area contributed by atoms with E-state index in [2.05, 4.69) is 15.0 Å². The molecule has 0 radical (unpaired) electrons. The minimum absolute atomic E-state index is 0.251. The number of aromatic nitrogens is 4. The summed E-state index contributed by atoms with van der Waals surface area (Å²) in [6.07, 6.45) is 0.676. The highest BCUT2D eigenvalue weighted by atomic mass is 16.5. The van der Waals surface area contributed by atoms with E-state index >= 15 is 0 Å². The predicted molar refractivity (Wildman–Crippen MR) is 74.6 cm³/mol. The zero-order valence-electron chi connectivity index (χ0n) is 11.8. The molecule has 0 saturated carbocycles. The quantitative estimate of drug-likeness (QED) is 0.623. The Balaban J connectivity index is 2.04. The summed E-state index contributed by atoms with van der Waals surface area (Å²) in [5, 5.41) is 19.4. The number of aliphatic hydroxyl groups is 2. The van der Waals surface area contributed by atoms with Gasteiger partial charge in [0.15, 0.2) is 23.2 Å². The predicted octanol–water partition coefficient (Wildman–Crippen LogP) is -1.53. The van der Waals surface area contributed by atoms with Gasteiger partial charge in [0.05, 0.1) is 19.0 Å². The molecular weight excluding hydrogens is 276 g/mol. The molecule has 4 N–H and O–H groups in total. The van der Waals surface area contributed by atoms with Crippen LogP contribution in [0.1, 0.15) is 6.23 Å². The molecule has 9 heteroatoms. The van der Waals surface area contributed by atoms with E-state index in [1.807, 2.05) is 19.0 Å². The van der Waals surface area contributed by atoms with Crippen LogP contribution in [0.5, 0.6) is 0 Å². The number of fused-ring (bicyclic) bond motifs is 1. The van der Waals surface area contributed by atoms with Crippen LogP contribution < -0.4 is 10.6 Å². The van der Waals surface area contributed by atoms with Crippen molar-refractivity contribution in [2.24, 2.45) is 5.73 Å². The lowest BCUT2D eigenvalue weighted by atomic mass is 10.1. The Morgan fingerprint density at radius 3 is 2.76 bits per heavy atom. The average Bonchev–Trinajstić information content (AvgIpc) is 3.01. The molecule has 2 aromatic heterocycles. The number of nitrogens with zero attached hydrogens (tertiary/aromatic N) is 5. The molecule has 3 rings (SSSR count). The van der Waals surface area contributed by atoms with E-state index in [0.717, 1.165) is 0 Å². The molecule has 0 unspecified atom stereocenters. The Hall–Kier alpha value is -1.81. The number of aliphatic hydroxyl groups excluding tert-OH is 2. The van der Waals surface area contributed by atoms with E-state index in [-0.39, 0.29) is 6.61 Å². The summed E-state index contributed by atoms with van der Waals surface area (Å²) in [6, 6.07) is -0.660. The van der Waals surface area contributed by atoms with E-state index in [4.69, 9.17) is 10.5 Å². The first-order valence-electron chi connectivity index (χ1n) is 6.59. The molecule has 1 aliphatic rings. The lowest BCUT2D eigenvalue weighted by Gasteiger charge is -2.17. The number of hydrogen-bond donors (Lipinski definition) is 3. The van der Waals surface area contributed by atoms with E-state index in [1.165, 1.54) is 12.7 Å². The number of ether oxygens (including phenoxy) is 1. The summed E-state index contributed by atoms with van der Waals surface area (Å²) in [4.78, 5) is 14.5. The standard InChI is InChI=1S/C12H18N6O3/c1-17(2)10-8-11(15-4-14-10)18(5-16-8)12-9(20)7(13)6(3-19)21-12/h4-7,9,12,19-20H,3,13H2,1-2H3/t6-,7+,9-,12+/m0/s1. The maximum absolute atomic E-state index is 10.2. The zero-order chi connectivity index (χ0) is 15.1. The summed E-state index contributed by atoms with van der Waals surface area (Å²) < 4.78 is 7.23. The van der Waals surface area contributed by atoms with Crippen LogP contribution in [0.3, 0.4) is 0 Å². The molecule has 0 aromatic carbocycles. The second kappa shape index (κ2) is 5.19. The molecule has 114 valence electrons. The molecule has 3 heterocycles. The first-order chi connectivity index (χ1) is 10.0. The summed E-state index contributed by atoms with van der Waals surface area (Å²) >= 11 is 0. The molecule has 0 bridgehead atoms. The van der Waals surface area contributed by atoms with Crippen LogP contribution in [0.4, 0.5) is 5.82 Å². The van der Waals surface area contributed by atoms with Crippen LogP contribution in [0.15, 0.2) is 12.7 Å². The average molecular weight is 294 g/mol. The summed E-state index contributed by atoms with van der Waals surface area (Å²) in [5.41, 5.74) is 7.00. The normalized spacial score (nSPS) is 29.2. The molecule has 1 fully saturated rings. The van der Waals surface area contributed by atoms with Gasteiger partial charge in [-0.3, -0.25) is 4.57 Å². The summed E-state index contributed by atoms with van der Waals surface area (Å²) in [5.74, 6) is 0.675. The van der Waals surface area contributed by atoms with Gasteiger partial charge in [-0.2, -0.15) is 0 Å². The van der Waals surface area contributed by atoms with Crippen molar-refractivity contribution in [2.45, 2.75) is 24.5 Å². The summed E-state index contributed by atoms with van der Waals surface area (Å²) in [6.45, 7) is -0.251. The van der Waals surface area contributed by atoms with E-state index in [1.54, 1.807) is 4.57 Å². The fraction of sp³-hybridized carbons (Fsp3) is 0.583. The van der Waals surface area contributed by atoms with Gasteiger partial charge in [0.2, 0.25) is 0 Å². The molecule has 4 atom stereocenters. The van der Waals surface area contributed by atoms with Crippen molar-refractivity contribution in [3.05, 3.63) is 12.7 Å². The molecule has 9 nitrogen and oxygen atoms in total. The maximum atomic E-state index is 10.2. The molecule has 2 aromatic rings. The van der Waals surface area contributed by atoms with Gasteiger partial charge < -0.3 is 25.6 Å². The van der Waals surface area contributed by atoms with Crippen molar-refractivity contribution in [3.8, 4) is 0 Å². The van der Waals surface area contributed by atoms with Gasteiger partial charge in [-0.25, -0.2) is 15.0 Å². The van der Waals surface area contributed by atoms with E-state index < -0.39 is 24.5 Å². The van der Waals surface area contributed by atoms with Crippen LogP contribution in [-0.2, 0) is 4.74 Å². The lowest BCUT2D eigenvalue weighted by Crippen LogP contribution is -2.41. The highest BCUT2D eigenvalue weighted by Crippen LogP contribution is 2.31. The van der Waals surface area contributed by atoms with Gasteiger partial charge in [-0.05, 0) is 0 Å². The summed E-state index contributed by atoms with van der Waals surface area (Å²) in [7, 11) is 3.72. The number of rotatable bonds is 3. The topological polar surface area (TPSA) is 123 Å². The SMILES string of the molecule is CN(C)c1ncnc2c1ncn2[C@@H]1O[C@@H](CO)[C@@H](N)[C@@H]1O. The van der Waals surface area contributed by atoms with Gasteiger partial charge in [0, 0.05) is 14.1 Å². The lowest BCUT2D eigenvalue weighted by molar-refractivity contribution is -0.0488. The van der Waals surface area contributed by atoms with Crippen LogP contribution in [0.25, 0.3) is 11.2 Å². The highest BCUT2D eigenvalue weighted by Gasteiger charge is 2.42. The van der Waals surface area contributed by atoms with Crippen molar-refractivity contribution in [1.82, 2.24) is 19.5 Å². The maximum Gasteiger partial charge on any atom is 0.167 e. The molecule has 1 aliphatic heterocycles. The third-order valence-electron chi connectivity index (χ3n) is 3.65. The fourth-order valence-electron chi connectivity index (χ4n) is 2.51. The molecule has 21 heavy (non-hydrogen) atoms. The Morgan fingerprint density at radius 2 is 2.14 bits per heavy atom. The number of nitrogens with two attached hydrogens (primary N) is 1. The Morgan fingerprint density at radius 1 is 1.38 bits per heavy atom. The fourth-order valence-corrected chi connectivity index (χ4v) is 2.51. The molecular formula is C12H18N6O3. The van der Waals surface area contributed by atoms with Gasteiger partial charge >= 0.3 is 0 Å². The second-order valence-electron chi connectivity index (χ2n) is 5.23. The smallest absolute Gasteiger partial charge is 0.167 e. The first kappa shape index (κ1) is 14.1. The number of anilines is 1. The van der Waals surface area contributed by atoms with Crippen molar-refractivity contribution in [2.75, 3.05) is 25.6 Å². The van der Waals surface area contributed by atoms with Crippen LogP contribution in [-0.4, -0.2) is 68.7 Å². The Bertz CT molecular complexity index is 645. The second-order valence-corrected chi connectivity index (χ2v) is 5.23. The monoisotopic (exact) mass is 294 g/mol. The van der Waals surface area contributed by atoms with Gasteiger partial charge in [0.25, 0.3) is 0 Å². The van der Waals surface area contributed by atoms with E-state index in [9.17, 15) is 10.2 Å². The molecule has 0 spiro atoms. The molecule has 0 aliphatic carbocycles. The largest absolute Gasteiger partial charge is 0.394 e. The van der Waals surface area contributed by atoms with Crippen LogP contribution in [0.2, 0.25) is 0 Å². The highest BCUT2D eigenvalue weighted by molar-refractivity contribution is 5.83. The van der Waals surface area contributed by atoms with Crippen molar-refractivity contribution >= 4 is 17.0 Å². The van der Waals surface area contributed by atoms with Gasteiger partial charge in [-0.1, -0.05) is 0 Å².